The predicted octanol–water partition coefficient (Wildman–Crippen LogP) is 16.1. The van der Waals surface area contributed by atoms with Crippen molar-refractivity contribution in [2.45, 2.75) is 57.3 Å². The molecule has 0 radical (unpaired) electrons. The Morgan fingerprint density at radius 3 is 1.45 bits per heavy atom. The fourth-order valence-electron chi connectivity index (χ4n) is 10.2. The van der Waals surface area contributed by atoms with Gasteiger partial charge < -0.3 is 9.80 Å². The van der Waals surface area contributed by atoms with Crippen molar-refractivity contribution in [3.05, 3.63) is 229 Å². The maximum Gasteiger partial charge on any atom is 0.0540 e. The standard InChI is InChI=1S/C58H52N2/c1-42-37-39-58(40-38-42,44-27-31-48(32-28-44)59(46-19-9-5-10-20-46)47-21-11-6-12-22-47)45-29-33-49(34-30-45)60(56-26-16-14-23-51(56)43-17-7-4-8-18-43)50-35-36-53-52-24-13-15-25-54(52)57(2,3)55(53)41-50/h4-36,41-42H,37-40H2,1-3H3. The summed E-state index contributed by atoms with van der Waals surface area (Å²) < 4.78 is 0. The fraction of sp³-hybridized carbons (Fsp3) is 0.172. The van der Waals surface area contributed by atoms with Crippen LogP contribution in [0.4, 0.5) is 34.1 Å². The summed E-state index contributed by atoms with van der Waals surface area (Å²) in [6.07, 6.45) is 4.70. The van der Waals surface area contributed by atoms with Gasteiger partial charge in [-0.1, -0.05) is 160 Å². The first-order valence-corrected chi connectivity index (χ1v) is 21.7. The molecule has 8 aromatic carbocycles. The Morgan fingerprint density at radius 2 is 0.850 bits per heavy atom. The van der Waals surface area contributed by atoms with Gasteiger partial charge in [0, 0.05) is 44.8 Å². The third-order valence-corrected chi connectivity index (χ3v) is 13.6. The Balaban J connectivity index is 1.07. The van der Waals surface area contributed by atoms with E-state index in [1.165, 1.54) is 74.4 Å². The van der Waals surface area contributed by atoms with E-state index in [1.807, 2.05) is 0 Å². The number of hydrogen-bond acceptors (Lipinski definition) is 2. The minimum atomic E-state index is -0.102. The molecule has 0 atom stereocenters. The van der Waals surface area contributed by atoms with E-state index in [-0.39, 0.29) is 10.8 Å². The van der Waals surface area contributed by atoms with Crippen LogP contribution >= 0.6 is 0 Å². The van der Waals surface area contributed by atoms with Gasteiger partial charge >= 0.3 is 0 Å². The maximum absolute atomic E-state index is 2.48. The van der Waals surface area contributed by atoms with Gasteiger partial charge in [-0.15, -0.1) is 0 Å². The van der Waals surface area contributed by atoms with Crippen LogP contribution in [0, 0.1) is 5.92 Å². The Kier molecular flexibility index (Phi) is 9.73. The van der Waals surface area contributed by atoms with E-state index in [0.717, 1.165) is 35.8 Å². The van der Waals surface area contributed by atoms with Crippen LogP contribution in [-0.2, 0) is 10.8 Å². The zero-order chi connectivity index (χ0) is 40.7. The molecule has 0 unspecified atom stereocenters. The largest absolute Gasteiger partial charge is 0.311 e. The molecule has 2 aliphatic carbocycles. The first kappa shape index (κ1) is 37.6. The summed E-state index contributed by atoms with van der Waals surface area (Å²) in [5, 5.41) is 0. The first-order valence-electron chi connectivity index (χ1n) is 21.7. The van der Waals surface area contributed by atoms with E-state index >= 15 is 0 Å². The van der Waals surface area contributed by atoms with Gasteiger partial charge in [0.25, 0.3) is 0 Å². The van der Waals surface area contributed by atoms with Crippen LogP contribution in [0.1, 0.15) is 68.7 Å². The average Bonchev–Trinajstić information content (AvgIpc) is 3.54. The smallest absolute Gasteiger partial charge is 0.0540 e. The van der Waals surface area contributed by atoms with Crippen molar-refractivity contribution in [1.82, 2.24) is 0 Å². The van der Waals surface area contributed by atoms with Crippen LogP contribution in [0.5, 0.6) is 0 Å². The number of para-hydroxylation sites is 3. The molecule has 0 N–H and O–H groups in total. The molecule has 2 heteroatoms. The van der Waals surface area contributed by atoms with E-state index in [4.69, 9.17) is 0 Å². The van der Waals surface area contributed by atoms with Gasteiger partial charge in [0.05, 0.1) is 5.69 Å². The van der Waals surface area contributed by atoms with E-state index in [0.29, 0.717) is 0 Å². The summed E-state index contributed by atoms with van der Waals surface area (Å²) in [5.41, 5.74) is 17.5. The second-order valence-corrected chi connectivity index (χ2v) is 17.5. The van der Waals surface area contributed by atoms with Gasteiger partial charge in [-0.05, 0) is 137 Å². The van der Waals surface area contributed by atoms with Gasteiger partial charge in [0.2, 0.25) is 0 Å². The van der Waals surface area contributed by atoms with Gasteiger partial charge in [0.15, 0.2) is 0 Å². The van der Waals surface area contributed by atoms with Crippen LogP contribution in [-0.4, -0.2) is 0 Å². The van der Waals surface area contributed by atoms with E-state index in [1.54, 1.807) is 0 Å². The van der Waals surface area contributed by atoms with Gasteiger partial charge in [-0.2, -0.15) is 0 Å². The number of fused-ring (bicyclic) bond motifs is 3. The highest BCUT2D eigenvalue weighted by molar-refractivity contribution is 5.90. The molecule has 2 aliphatic rings. The van der Waals surface area contributed by atoms with Crippen LogP contribution in [0.2, 0.25) is 0 Å². The summed E-state index contributed by atoms with van der Waals surface area (Å²) >= 11 is 0. The summed E-state index contributed by atoms with van der Waals surface area (Å²) in [4.78, 5) is 4.84. The Labute approximate surface area is 356 Å². The van der Waals surface area contributed by atoms with Crippen molar-refractivity contribution in [2.24, 2.45) is 5.92 Å². The molecule has 8 aromatic rings. The van der Waals surface area contributed by atoms with E-state index < -0.39 is 0 Å². The van der Waals surface area contributed by atoms with Crippen LogP contribution < -0.4 is 9.80 Å². The summed E-state index contributed by atoms with van der Waals surface area (Å²) in [6.45, 7) is 7.17. The molecular formula is C58H52N2. The molecule has 60 heavy (non-hydrogen) atoms. The molecule has 0 aromatic heterocycles. The predicted molar refractivity (Wildman–Crippen MR) is 254 cm³/mol. The SMILES string of the molecule is CC1CCC(c2ccc(N(c3ccccc3)c3ccccc3)cc2)(c2ccc(N(c3ccc4c(c3)C(C)(C)c3ccccc3-4)c3ccccc3-c3ccccc3)cc2)CC1. The zero-order valence-corrected chi connectivity index (χ0v) is 34.9. The summed E-state index contributed by atoms with van der Waals surface area (Å²) in [7, 11) is 0. The minimum absolute atomic E-state index is 0.0654. The number of rotatable bonds is 9. The lowest BCUT2D eigenvalue weighted by molar-refractivity contribution is 0.280. The van der Waals surface area contributed by atoms with Gasteiger partial charge in [-0.25, -0.2) is 0 Å². The monoisotopic (exact) mass is 776 g/mol. The Hall–Kier alpha value is -6.64. The molecular weight excluding hydrogens is 725 g/mol. The summed E-state index contributed by atoms with van der Waals surface area (Å²) in [6, 6.07) is 76.3. The number of benzene rings is 8. The molecule has 0 heterocycles. The maximum atomic E-state index is 2.48. The molecule has 0 spiro atoms. The van der Waals surface area contributed by atoms with Crippen molar-refractivity contribution in [2.75, 3.05) is 9.80 Å². The molecule has 2 nitrogen and oxygen atoms in total. The molecule has 0 aliphatic heterocycles. The lowest BCUT2D eigenvalue weighted by atomic mass is 9.63. The third-order valence-electron chi connectivity index (χ3n) is 13.6. The third kappa shape index (κ3) is 6.61. The van der Waals surface area contributed by atoms with Crippen molar-refractivity contribution in [3.63, 3.8) is 0 Å². The second kappa shape index (κ2) is 15.5. The molecule has 10 rings (SSSR count). The highest BCUT2D eigenvalue weighted by Gasteiger charge is 2.39. The van der Waals surface area contributed by atoms with Crippen molar-refractivity contribution in [1.29, 1.82) is 0 Å². The van der Waals surface area contributed by atoms with Gasteiger partial charge in [0.1, 0.15) is 0 Å². The molecule has 0 bridgehead atoms. The second-order valence-electron chi connectivity index (χ2n) is 17.5. The Morgan fingerprint density at radius 1 is 0.400 bits per heavy atom. The highest BCUT2D eigenvalue weighted by atomic mass is 15.1. The lowest BCUT2D eigenvalue weighted by Gasteiger charge is -2.41. The van der Waals surface area contributed by atoms with Crippen molar-refractivity contribution >= 4 is 34.1 Å². The van der Waals surface area contributed by atoms with Crippen LogP contribution in [0.15, 0.2) is 206 Å². The van der Waals surface area contributed by atoms with Gasteiger partial charge in [-0.3, -0.25) is 0 Å². The van der Waals surface area contributed by atoms with Crippen molar-refractivity contribution < 1.29 is 0 Å². The number of hydrogen-bond donors (Lipinski definition) is 0. The topological polar surface area (TPSA) is 6.48 Å². The first-order chi connectivity index (χ1) is 29.4. The zero-order valence-electron chi connectivity index (χ0n) is 34.9. The minimum Gasteiger partial charge on any atom is -0.311 e. The number of anilines is 6. The molecule has 1 saturated carbocycles. The highest BCUT2D eigenvalue weighted by Crippen LogP contribution is 2.52. The average molecular weight is 777 g/mol. The molecule has 1 fully saturated rings. The quantitative estimate of drug-likeness (QED) is 0.144. The van der Waals surface area contributed by atoms with E-state index in [9.17, 15) is 0 Å². The molecule has 294 valence electrons. The number of nitrogens with zero attached hydrogens (tertiary/aromatic N) is 2. The molecule has 0 saturated heterocycles. The summed E-state index contributed by atoms with van der Waals surface area (Å²) in [5.74, 6) is 0.725. The van der Waals surface area contributed by atoms with E-state index in [2.05, 4.69) is 237 Å². The fourth-order valence-corrected chi connectivity index (χ4v) is 10.2. The normalized spacial score (nSPS) is 17.7. The molecule has 0 amide bonds. The Bertz CT molecular complexity index is 2690. The van der Waals surface area contributed by atoms with Crippen LogP contribution in [0.25, 0.3) is 22.3 Å². The van der Waals surface area contributed by atoms with Crippen LogP contribution in [0.3, 0.4) is 0 Å². The van der Waals surface area contributed by atoms with Crippen molar-refractivity contribution in [3.8, 4) is 22.3 Å². The lowest BCUT2D eigenvalue weighted by Crippen LogP contribution is -2.32.